The molecule has 0 radical (unpaired) electrons. The molecule has 0 atom stereocenters. The van der Waals surface area contributed by atoms with E-state index in [0.29, 0.717) is 25.2 Å². The Bertz CT molecular complexity index is 496. The minimum atomic E-state index is -2.96. The van der Waals surface area contributed by atoms with Gasteiger partial charge in [0.15, 0.2) is 0 Å². The first-order valence-corrected chi connectivity index (χ1v) is 6.48. The molecule has 0 N–H and O–H groups in total. The van der Waals surface area contributed by atoms with E-state index < -0.39 is 22.7 Å². The largest absolute Gasteiger partial charge is 0.316 e. The van der Waals surface area contributed by atoms with Gasteiger partial charge in [-0.1, -0.05) is 0 Å². The first-order chi connectivity index (χ1) is 9.52. The van der Waals surface area contributed by atoms with Gasteiger partial charge in [0.1, 0.15) is 12.5 Å². The summed E-state index contributed by atoms with van der Waals surface area (Å²) < 4.78 is 26.7. The third kappa shape index (κ3) is 3.00. The van der Waals surface area contributed by atoms with Crippen molar-refractivity contribution in [1.82, 2.24) is 9.78 Å². The molecule has 6 nitrogen and oxygen atoms in total. The predicted molar refractivity (Wildman–Crippen MR) is 65.5 cm³/mol. The second kappa shape index (κ2) is 6.06. The van der Waals surface area contributed by atoms with Crippen LogP contribution in [0.4, 0.5) is 14.5 Å². The molecule has 8 heteroatoms. The maximum Gasteiger partial charge on any atom is 0.316 e. The van der Waals surface area contributed by atoms with Crippen LogP contribution in [0.1, 0.15) is 50.3 Å². The maximum atomic E-state index is 12.7. The van der Waals surface area contributed by atoms with Gasteiger partial charge in [-0.3, -0.25) is 14.8 Å². The molecule has 0 saturated heterocycles. The van der Waals surface area contributed by atoms with Crippen molar-refractivity contribution in [2.24, 2.45) is 5.92 Å². The summed E-state index contributed by atoms with van der Waals surface area (Å²) in [4.78, 5) is 20.4. The van der Waals surface area contributed by atoms with E-state index in [0.717, 1.165) is 25.3 Å². The normalized spacial score (nSPS) is 22.9. The number of aromatic nitrogens is 2. The van der Waals surface area contributed by atoms with Gasteiger partial charge in [0.05, 0.1) is 11.0 Å². The van der Waals surface area contributed by atoms with E-state index in [4.69, 9.17) is 0 Å². The fourth-order valence-electron chi connectivity index (χ4n) is 2.66. The topological polar surface area (TPSA) is 78.0 Å². The SMILES string of the molecule is O=CCC1CCC(n2cc([N+](=O)[O-])c(C(F)F)n2)CC1. The average molecular weight is 287 g/mol. The third-order valence-corrected chi connectivity index (χ3v) is 3.76. The number of carbonyl (C=O) groups is 1. The molecule has 110 valence electrons. The van der Waals surface area contributed by atoms with Crippen LogP contribution in [0.25, 0.3) is 0 Å². The molecule has 0 unspecified atom stereocenters. The lowest BCUT2D eigenvalue weighted by atomic mass is 9.84. The Morgan fingerprint density at radius 3 is 2.55 bits per heavy atom. The van der Waals surface area contributed by atoms with E-state index in [1.807, 2.05) is 0 Å². The van der Waals surface area contributed by atoms with Crippen LogP contribution in [0.2, 0.25) is 0 Å². The Hall–Kier alpha value is -1.86. The molecule has 1 aromatic rings. The maximum absolute atomic E-state index is 12.7. The zero-order valence-corrected chi connectivity index (χ0v) is 10.7. The highest BCUT2D eigenvalue weighted by Gasteiger charge is 2.30. The van der Waals surface area contributed by atoms with Crippen molar-refractivity contribution < 1.29 is 18.5 Å². The Morgan fingerprint density at radius 1 is 1.45 bits per heavy atom. The Kier molecular flexibility index (Phi) is 4.41. The number of alkyl halides is 2. The van der Waals surface area contributed by atoms with Crippen LogP contribution in [0.15, 0.2) is 6.20 Å². The molecule has 0 spiro atoms. The van der Waals surface area contributed by atoms with E-state index in [1.165, 1.54) is 4.68 Å². The Balaban J connectivity index is 2.12. The lowest BCUT2D eigenvalue weighted by Crippen LogP contribution is -2.19. The van der Waals surface area contributed by atoms with Crippen molar-refractivity contribution >= 4 is 12.0 Å². The molecule has 1 fully saturated rings. The van der Waals surface area contributed by atoms with Crippen LogP contribution in [-0.4, -0.2) is 21.0 Å². The number of carbonyl (C=O) groups excluding carboxylic acids is 1. The number of rotatable bonds is 5. The van der Waals surface area contributed by atoms with Gasteiger partial charge in [-0.15, -0.1) is 0 Å². The molecular formula is C12H15F2N3O3. The summed E-state index contributed by atoms with van der Waals surface area (Å²) in [6.07, 6.45) is 2.53. The molecular weight excluding hydrogens is 272 g/mol. The number of nitro groups is 1. The number of nitrogens with zero attached hydrogens (tertiary/aromatic N) is 3. The van der Waals surface area contributed by atoms with Crippen molar-refractivity contribution in [3.05, 3.63) is 22.0 Å². The second-order valence-corrected chi connectivity index (χ2v) is 5.01. The summed E-state index contributed by atoms with van der Waals surface area (Å²) in [5.74, 6) is 0.323. The predicted octanol–water partition coefficient (Wildman–Crippen LogP) is 3.05. The molecule has 1 aliphatic carbocycles. The monoisotopic (exact) mass is 287 g/mol. The smallest absolute Gasteiger partial charge is 0.303 e. The molecule has 1 aliphatic rings. The van der Waals surface area contributed by atoms with Gasteiger partial charge in [-0.05, 0) is 31.6 Å². The quantitative estimate of drug-likeness (QED) is 0.473. The third-order valence-electron chi connectivity index (χ3n) is 3.76. The van der Waals surface area contributed by atoms with Crippen molar-refractivity contribution in [2.45, 2.75) is 44.6 Å². The van der Waals surface area contributed by atoms with Gasteiger partial charge in [0.2, 0.25) is 5.69 Å². The highest BCUT2D eigenvalue weighted by atomic mass is 19.3. The van der Waals surface area contributed by atoms with Gasteiger partial charge in [0.25, 0.3) is 6.43 Å². The molecule has 0 aliphatic heterocycles. The van der Waals surface area contributed by atoms with E-state index in [-0.39, 0.29) is 6.04 Å². The van der Waals surface area contributed by atoms with Crippen LogP contribution in [-0.2, 0) is 4.79 Å². The van der Waals surface area contributed by atoms with Crippen LogP contribution >= 0.6 is 0 Å². The summed E-state index contributed by atoms with van der Waals surface area (Å²) in [6, 6.07) is -0.107. The fourth-order valence-corrected chi connectivity index (χ4v) is 2.66. The molecule has 2 rings (SSSR count). The van der Waals surface area contributed by atoms with Crippen LogP contribution in [0.3, 0.4) is 0 Å². The zero-order chi connectivity index (χ0) is 14.7. The molecule has 1 saturated carbocycles. The first-order valence-electron chi connectivity index (χ1n) is 6.48. The number of halogens is 2. The molecule has 0 aromatic carbocycles. The second-order valence-electron chi connectivity index (χ2n) is 5.01. The highest BCUT2D eigenvalue weighted by molar-refractivity contribution is 5.49. The summed E-state index contributed by atoms with van der Waals surface area (Å²) in [5, 5.41) is 14.4. The van der Waals surface area contributed by atoms with E-state index in [1.54, 1.807) is 0 Å². The fraction of sp³-hybridized carbons (Fsp3) is 0.667. The van der Waals surface area contributed by atoms with E-state index >= 15 is 0 Å². The lowest BCUT2D eigenvalue weighted by molar-refractivity contribution is -0.386. The van der Waals surface area contributed by atoms with Crippen LogP contribution in [0.5, 0.6) is 0 Å². The standard InChI is InChI=1S/C12H15F2N3O3/c13-12(14)11-10(17(19)20)7-16(15-11)9-3-1-8(2-4-9)5-6-18/h6-9,12H,1-5H2. The van der Waals surface area contributed by atoms with Gasteiger partial charge in [0, 0.05) is 6.42 Å². The van der Waals surface area contributed by atoms with Crippen molar-refractivity contribution in [2.75, 3.05) is 0 Å². The number of aldehydes is 1. The summed E-state index contributed by atoms with van der Waals surface area (Å²) >= 11 is 0. The molecule has 0 amide bonds. The summed E-state index contributed by atoms with van der Waals surface area (Å²) in [6.45, 7) is 0. The average Bonchev–Trinajstić information content (AvgIpc) is 2.85. The first kappa shape index (κ1) is 14.5. The van der Waals surface area contributed by atoms with Gasteiger partial charge in [-0.25, -0.2) is 8.78 Å². The molecule has 0 bridgehead atoms. The van der Waals surface area contributed by atoms with E-state index in [9.17, 15) is 23.7 Å². The molecule has 1 heterocycles. The van der Waals surface area contributed by atoms with E-state index in [2.05, 4.69) is 5.10 Å². The Labute approximate surface area is 113 Å². The molecule has 1 aromatic heterocycles. The molecule has 20 heavy (non-hydrogen) atoms. The minimum Gasteiger partial charge on any atom is -0.303 e. The van der Waals surface area contributed by atoms with Crippen molar-refractivity contribution in [1.29, 1.82) is 0 Å². The summed E-state index contributed by atoms with van der Waals surface area (Å²) in [7, 11) is 0. The highest BCUT2D eigenvalue weighted by Crippen LogP contribution is 2.35. The Morgan fingerprint density at radius 2 is 2.10 bits per heavy atom. The van der Waals surface area contributed by atoms with Crippen molar-refractivity contribution in [3.63, 3.8) is 0 Å². The van der Waals surface area contributed by atoms with Gasteiger partial charge in [-0.2, -0.15) is 5.10 Å². The van der Waals surface area contributed by atoms with Crippen LogP contribution in [0, 0.1) is 16.0 Å². The minimum absolute atomic E-state index is 0.107. The number of hydrogen-bond acceptors (Lipinski definition) is 4. The van der Waals surface area contributed by atoms with Crippen molar-refractivity contribution in [3.8, 4) is 0 Å². The summed E-state index contributed by atoms with van der Waals surface area (Å²) in [5.41, 5.74) is -1.40. The van der Waals surface area contributed by atoms with Gasteiger partial charge < -0.3 is 4.79 Å². The van der Waals surface area contributed by atoms with Gasteiger partial charge >= 0.3 is 5.69 Å². The number of hydrogen-bond donors (Lipinski definition) is 0. The lowest BCUT2D eigenvalue weighted by Gasteiger charge is -2.27. The zero-order valence-electron chi connectivity index (χ0n) is 10.7. The van der Waals surface area contributed by atoms with Crippen LogP contribution < -0.4 is 0 Å².